The number of hydrogen-bond donors (Lipinski definition) is 1. The molecule has 0 saturated carbocycles. The number of nitrogens with zero attached hydrogens (tertiary/aromatic N) is 1. The van der Waals surface area contributed by atoms with Gasteiger partial charge in [-0.1, -0.05) is 25.1 Å². The van der Waals surface area contributed by atoms with Crippen LogP contribution in [-0.2, 0) is 0 Å². The van der Waals surface area contributed by atoms with E-state index < -0.39 is 0 Å². The molecule has 0 radical (unpaired) electrons. The van der Waals surface area contributed by atoms with E-state index in [2.05, 4.69) is 24.0 Å². The van der Waals surface area contributed by atoms with Crippen molar-refractivity contribution in [2.45, 2.75) is 19.8 Å². The molecule has 0 fully saturated rings. The maximum absolute atomic E-state index is 9.47. The third-order valence-corrected chi connectivity index (χ3v) is 2.99. The lowest BCUT2D eigenvalue weighted by molar-refractivity contribution is 0.305. The summed E-state index contributed by atoms with van der Waals surface area (Å²) in [6.07, 6.45) is 4.61. The number of rotatable bonds is 3. The van der Waals surface area contributed by atoms with Crippen LogP contribution in [0.5, 0.6) is 5.75 Å². The van der Waals surface area contributed by atoms with Crippen LogP contribution in [0.25, 0.3) is 5.57 Å². The molecule has 0 saturated heterocycles. The summed E-state index contributed by atoms with van der Waals surface area (Å²) in [7, 11) is 0. The second-order valence-electron chi connectivity index (χ2n) is 4.34. The van der Waals surface area contributed by atoms with E-state index in [0.29, 0.717) is 5.75 Å². The maximum atomic E-state index is 9.47. The average Bonchev–Trinajstić information content (AvgIpc) is 2.30. The van der Waals surface area contributed by atoms with Crippen molar-refractivity contribution in [2.75, 3.05) is 19.6 Å². The van der Waals surface area contributed by atoms with Crippen LogP contribution in [-0.4, -0.2) is 29.6 Å². The first-order chi connectivity index (χ1) is 7.79. The van der Waals surface area contributed by atoms with Gasteiger partial charge in [-0.3, -0.25) is 4.90 Å². The van der Waals surface area contributed by atoms with Crippen molar-refractivity contribution in [1.29, 1.82) is 0 Å². The summed E-state index contributed by atoms with van der Waals surface area (Å²) in [4.78, 5) is 2.47. The summed E-state index contributed by atoms with van der Waals surface area (Å²) in [5, 5.41) is 9.47. The fraction of sp³-hybridized carbons (Fsp3) is 0.429. The highest BCUT2D eigenvalue weighted by atomic mass is 16.3. The highest BCUT2D eigenvalue weighted by Crippen LogP contribution is 2.23. The Morgan fingerprint density at radius 1 is 1.38 bits per heavy atom. The Morgan fingerprint density at radius 2 is 2.25 bits per heavy atom. The maximum Gasteiger partial charge on any atom is 0.116 e. The van der Waals surface area contributed by atoms with Gasteiger partial charge < -0.3 is 5.11 Å². The Kier molecular flexibility index (Phi) is 3.62. The Morgan fingerprint density at radius 3 is 3.00 bits per heavy atom. The van der Waals surface area contributed by atoms with E-state index in [4.69, 9.17) is 0 Å². The molecule has 2 rings (SSSR count). The minimum Gasteiger partial charge on any atom is -0.508 e. The zero-order valence-corrected chi connectivity index (χ0v) is 9.82. The molecule has 0 amide bonds. The fourth-order valence-corrected chi connectivity index (χ4v) is 2.23. The van der Waals surface area contributed by atoms with E-state index in [-0.39, 0.29) is 0 Å². The largest absolute Gasteiger partial charge is 0.508 e. The third-order valence-electron chi connectivity index (χ3n) is 2.99. The zero-order chi connectivity index (χ0) is 11.4. The van der Waals surface area contributed by atoms with Crippen molar-refractivity contribution >= 4 is 5.57 Å². The standard InChI is InChI=1S/C14H19NO/c1-2-8-15-9-4-6-13(11-15)12-5-3-7-14(16)10-12/h3,5-7,10,16H,2,4,8-9,11H2,1H3. The summed E-state index contributed by atoms with van der Waals surface area (Å²) in [5.41, 5.74) is 2.50. The summed E-state index contributed by atoms with van der Waals surface area (Å²) in [6, 6.07) is 7.54. The number of phenols is 1. The van der Waals surface area contributed by atoms with Gasteiger partial charge in [0.1, 0.15) is 5.75 Å². The van der Waals surface area contributed by atoms with Gasteiger partial charge in [0.25, 0.3) is 0 Å². The molecule has 0 aromatic heterocycles. The van der Waals surface area contributed by atoms with E-state index in [1.54, 1.807) is 6.07 Å². The molecule has 0 spiro atoms. The summed E-state index contributed by atoms with van der Waals surface area (Å²) >= 11 is 0. The number of phenolic OH excluding ortho intramolecular Hbond substituents is 1. The van der Waals surface area contributed by atoms with Gasteiger partial charge in [-0.15, -0.1) is 0 Å². The molecule has 86 valence electrons. The molecule has 1 heterocycles. The summed E-state index contributed by atoms with van der Waals surface area (Å²) < 4.78 is 0. The van der Waals surface area contributed by atoms with Crippen LogP contribution >= 0.6 is 0 Å². The lowest BCUT2D eigenvalue weighted by Gasteiger charge is -2.27. The van der Waals surface area contributed by atoms with Crippen molar-refractivity contribution in [1.82, 2.24) is 4.90 Å². The quantitative estimate of drug-likeness (QED) is 0.841. The van der Waals surface area contributed by atoms with E-state index >= 15 is 0 Å². The first-order valence-electron chi connectivity index (χ1n) is 6.00. The molecule has 0 unspecified atom stereocenters. The first-order valence-corrected chi connectivity index (χ1v) is 6.00. The molecule has 1 aliphatic rings. The summed E-state index contributed by atoms with van der Waals surface area (Å²) in [6.45, 7) is 5.55. The second-order valence-corrected chi connectivity index (χ2v) is 4.34. The molecule has 2 nitrogen and oxygen atoms in total. The minimum atomic E-state index is 0.353. The van der Waals surface area contributed by atoms with Crippen LogP contribution in [0.2, 0.25) is 0 Å². The lowest BCUT2D eigenvalue weighted by Crippen LogP contribution is -2.30. The Labute approximate surface area is 97.2 Å². The normalized spacial score (nSPS) is 17.2. The third kappa shape index (κ3) is 2.64. The van der Waals surface area contributed by atoms with Crippen molar-refractivity contribution in [3.05, 3.63) is 35.9 Å². The highest BCUT2D eigenvalue weighted by Gasteiger charge is 2.12. The predicted molar refractivity (Wildman–Crippen MR) is 67.4 cm³/mol. The van der Waals surface area contributed by atoms with Gasteiger partial charge in [0.2, 0.25) is 0 Å². The van der Waals surface area contributed by atoms with Crippen LogP contribution < -0.4 is 0 Å². The second kappa shape index (κ2) is 5.17. The average molecular weight is 217 g/mol. The molecule has 2 heteroatoms. The van der Waals surface area contributed by atoms with Gasteiger partial charge in [0.15, 0.2) is 0 Å². The SMILES string of the molecule is CCCN1CCC=C(c2cccc(O)c2)C1. The predicted octanol–water partition coefficient (Wildman–Crippen LogP) is 2.89. The van der Waals surface area contributed by atoms with Gasteiger partial charge in [0.05, 0.1) is 0 Å². The summed E-state index contributed by atoms with van der Waals surface area (Å²) in [5.74, 6) is 0.353. The van der Waals surface area contributed by atoms with Gasteiger partial charge >= 0.3 is 0 Å². The van der Waals surface area contributed by atoms with Gasteiger partial charge in [-0.05, 0) is 42.7 Å². The fourth-order valence-electron chi connectivity index (χ4n) is 2.23. The molecular weight excluding hydrogens is 198 g/mol. The molecule has 1 aliphatic heterocycles. The number of benzene rings is 1. The Balaban J connectivity index is 2.12. The van der Waals surface area contributed by atoms with Crippen molar-refractivity contribution < 1.29 is 5.11 Å². The highest BCUT2D eigenvalue weighted by molar-refractivity contribution is 5.68. The van der Waals surface area contributed by atoms with Crippen LogP contribution in [0, 0.1) is 0 Å². The van der Waals surface area contributed by atoms with Crippen LogP contribution in [0.4, 0.5) is 0 Å². The number of hydrogen-bond acceptors (Lipinski definition) is 2. The molecule has 1 aromatic rings. The van der Waals surface area contributed by atoms with Gasteiger partial charge in [-0.2, -0.15) is 0 Å². The Hall–Kier alpha value is -1.28. The van der Waals surface area contributed by atoms with Gasteiger partial charge in [0, 0.05) is 13.1 Å². The smallest absolute Gasteiger partial charge is 0.116 e. The van der Waals surface area contributed by atoms with E-state index in [9.17, 15) is 5.11 Å². The van der Waals surface area contributed by atoms with E-state index in [1.807, 2.05) is 12.1 Å². The zero-order valence-electron chi connectivity index (χ0n) is 9.82. The molecule has 1 N–H and O–H groups in total. The van der Waals surface area contributed by atoms with Gasteiger partial charge in [-0.25, -0.2) is 0 Å². The first kappa shape index (κ1) is 11.2. The topological polar surface area (TPSA) is 23.5 Å². The van der Waals surface area contributed by atoms with E-state index in [0.717, 1.165) is 31.6 Å². The van der Waals surface area contributed by atoms with E-state index in [1.165, 1.54) is 12.0 Å². The monoisotopic (exact) mass is 217 g/mol. The molecular formula is C14H19NO. The molecule has 1 aromatic carbocycles. The molecule has 0 aliphatic carbocycles. The minimum absolute atomic E-state index is 0.353. The lowest BCUT2D eigenvalue weighted by atomic mass is 10.0. The van der Waals surface area contributed by atoms with Crippen LogP contribution in [0.15, 0.2) is 30.3 Å². The molecule has 0 bridgehead atoms. The van der Waals surface area contributed by atoms with Crippen molar-refractivity contribution in [3.63, 3.8) is 0 Å². The van der Waals surface area contributed by atoms with Crippen LogP contribution in [0.1, 0.15) is 25.3 Å². The van der Waals surface area contributed by atoms with Crippen LogP contribution in [0.3, 0.4) is 0 Å². The Bertz CT molecular complexity index is 384. The number of aromatic hydroxyl groups is 1. The molecule has 0 atom stereocenters. The van der Waals surface area contributed by atoms with Crippen molar-refractivity contribution in [3.8, 4) is 5.75 Å². The van der Waals surface area contributed by atoms with Crippen molar-refractivity contribution in [2.24, 2.45) is 0 Å². The molecule has 16 heavy (non-hydrogen) atoms.